The second-order valence-electron chi connectivity index (χ2n) is 5.57. The summed E-state index contributed by atoms with van der Waals surface area (Å²) in [7, 11) is 1.60. The zero-order chi connectivity index (χ0) is 19.4. The summed E-state index contributed by atoms with van der Waals surface area (Å²) in [4.78, 5) is 4.31. The van der Waals surface area contributed by atoms with Gasteiger partial charge in [0.1, 0.15) is 0 Å². The molecule has 0 aliphatic carbocycles. The monoisotopic (exact) mass is 503 g/mol. The molecule has 0 saturated carbocycles. The summed E-state index contributed by atoms with van der Waals surface area (Å²) in [6.45, 7) is 5.25. The molecule has 0 heterocycles. The fourth-order valence-corrected chi connectivity index (χ4v) is 2.28. The number of hydrogen-bond acceptors (Lipinski definition) is 3. The van der Waals surface area contributed by atoms with Crippen molar-refractivity contribution in [3.8, 4) is 11.5 Å². The van der Waals surface area contributed by atoms with Crippen LogP contribution in [0, 0.1) is 0 Å². The van der Waals surface area contributed by atoms with Crippen LogP contribution in [0.3, 0.4) is 0 Å². The minimum absolute atomic E-state index is 0. The molecule has 0 unspecified atom stereocenters. The van der Waals surface area contributed by atoms with Crippen molar-refractivity contribution in [2.75, 3.05) is 33.4 Å². The van der Waals surface area contributed by atoms with Crippen LogP contribution < -0.4 is 20.1 Å². The van der Waals surface area contributed by atoms with E-state index in [2.05, 4.69) is 15.6 Å². The minimum Gasteiger partial charge on any atom is -0.493 e. The van der Waals surface area contributed by atoms with Gasteiger partial charge in [0, 0.05) is 19.6 Å². The number of benzene rings is 1. The van der Waals surface area contributed by atoms with Crippen molar-refractivity contribution in [3.05, 3.63) is 23.8 Å². The summed E-state index contributed by atoms with van der Waals surface area (Å²) >= 11 is 0. The first-order valence-electron chi connectivity index (χ1n) is 8.78. The zero-order valence-corrected chi connectivity index (χ0v) is 18.3. The number of aliphatic imine (C=N–C) groups is 1. The number of alkyl halides is 3. The molecule has 5 nitrogen and oxygen atoms in total. The fourth-order valence-electron chi connectivity index (χ4n) is 2.28. The molecule has 0 aliphatic rings. The zero-order valence-electron chi connectivity index (χ0n) is 16.0. The highest BCUT2D eigenvalue weighted by Crippen LogP contribution is 2.28. The van der Waals surface area contributed by atoms with Crippen molar-refractivity contribution in [2.24, 2.45) is 4.99 Å². The maximum absolute atomic E-state index is 12.2. The van der Waals surface area contributed by atoms with Crippen LogP contribution in [-0.2, 0) is 6.42 Å². The predicted octanol–water partition coefficient (Wildman–Crippen LogP) is 4.15. The van der Waals surface area contributed by atoms with Gasteiger partial charge >= 0.3 is 6.18 Å². The molecule has 156 valence electrons. The van der Waals surface area contributed by atoms with E-state index in [-0.39, 0.29) is 30.5 Å². The number of halogens is 4. The van der Waals surface area contributed by atoms with Gasteiger partial charge in [-0.1, -0.05) is 6.07 Å². The number of methoxy groups -OCH3 is 1. The number of hydrogen-bond donors (Lipinski definition) is 2. The molecule has 0 saturated heterocycles. The number of nitrogens with one attached hydrogen (secondary N) is 2. The lowest BCUT2D eigenvalue weighted by atomic mass is 10.1. The first-order chi connectivity index (χ1) is 12.4. The van der Waals surface area contributed by atoms with Crippen LogP contribution in [-0.4, -0.2) is 45.5 Å². The van der Waals surface area contributed by atoms with Crippen molar-refractivity contribution in [2.45, 2.75) is 39.3 Å². The van der Waals surface area contributed by atoms with Gasteiger partial charge in [-0.05, 0) is 44.4 Å². The summed E-state index contributed by atoms with van der Waals surface area (Å²) in [6.07, 6.45) is -3.50. The van der Waals surface area contributed by atoms with E-state index >= 15 is 0 Å². The Morgan fingerprint density at radius 2 is 1.89 bits per heavy atom. The van der Waals surface area contributed by atoms with Crippen molar-refractivity contribution in [1.82, 2.24) is 10.6 Å². The van der Waals surface area contributed by atoms with E-state index in [4.69, 9.17) is 9.47 Å². The van der Waals surface area contributed by atoms with Gasteiger partial charge < -0.3 is 20.1 Å². The lowest BCUT2D eigenvalue weighted by Crippen LogP contribution is -2.39. The van der Waals surface area contributed by atoms with Gasteiger partial charge in [0.15, 0.2) is 17.5 Å². The summed E-state index contributed by atoms with van der Waals surface area (Å²) in [5.74, 6) is 1.80. The second-order valence-corrected chi connectivity index (χ2v) is 5.57. The normalized spacial score (nSPS) is 11.6. The second kappa shape index (κ2) is 13.7. The van der Waals surface area contributed by atoms with Crippen LogP contribution in [0.25, 0.3) is 0 Å². The maximum Gasteiger partial charge on any atom is 0.390 e. The largest absolute Gasteiger partial charge is 0.493 e. The first-order valence-corrected chi connectivity index (χ1v) is 8.78. The van der Waals surface area contributed by atoms with Gasteiger partial charge in [0.05, 0.1) is 20.1 Å². The summed E-state index contributed by atoms with van der Waals surface area (Å²) < 4.78 is 47.4. The van der Waals surface area contributed by atoms with Gasteiger partial charge in [-0.15, -0.1) is 24.0 Å². The third kappa shape index (κ3) is 11.1. The average molecular weight is 503 g/mol. The summed E-state index contributed by atoms with van der Waals surface area (Å²) in [6, 6.07) is 5.78. The number of rotatable bonds is 10. The Morgan fingerprint density at radius 1 is 1.15 bits per heavy atom. The molecule has 0 fully saturated rings. The quantitative estimate of drug-likeness (QED) is 0.218. The Labute approximate surface area is 176 Å². The molecule has 1 aromatic rings. The summed E-state index contributed by atoms with van der Waals surface area (Å²) in [5, 5.41) is 5.64. The third-order valence-corrected chi connectivity index (χ3v) is 3.47. The van der Waals surface area contributed by atoms with E-state index in [1.54, 1.807) is 7.11 Å². The highest BCUT2D eigenvalue weighted by molar-refractivity contribution is 14.0. The molecule has 0 aliphatic heterocycles. The topological polar surface area (TPSA) is 54.9 Å². The molecule has 27 heavy (non-hydrogen) atoms. The van der Waals surface area contributed by atoms with Gasteiger partial charge in [0.2, 0.25) is 0 Å². The molecular formula is C18H29F3IN3O2. The molecular weight excluding hydrogens is 474 g/mol. The molecule has 1 rings (SSSR count). The van der Waals surface area contributed by atoms with E-state index in [0.29, 0.717) is 37.2 Å². The lowest BCUT2D eigenvalue weighted by Gasteiger charge is -2.13. The molecule has 0 amide bonds. The lowest BCUT2D eigenvalue weighted by molar-refractivity contribution is -0.132. The highest BCUT2D eigenvalue weighted by atomic mass is 127. The van der Waals surface area contributed by atoms with E-state index < -0.39 is 12.6 Å². The van der Waals surface area contributed by atoms with Crippen LogP contribution in [0.5, 0.6) is 11.5 Å². The van der Waals surface area contributed by atoms with E-state index in [1.165, 1.54) is 0 Å². The molecule has 0 bridgehead atoms. The number of aryl methyl sites for hydroxylation is 1. The van der Waals surface area contributed by atoms with Crippen molar-refractivity contribution in [3.63, 3.8) is 0 Å². The molecule has 9 heteroatoms. The molecule has 0 radical (unpaired) electrons. The highest BCUT2D eigenvalue weighted by Gasteiger charge is 2.26. The number of nitrogens with zero attached hydrogens (tertiary/aromatic N) is 1. The molecule has 2 N–H and O–H groups in total. The molecule has 0 spiro atoms. The van der Waals surface area contributed by atoms with E-state index in [1.807, 2.05) is 32.0 Å². The Morgan fingerprint density at radius 3 is 2.48 bits per heavy atom. The van der Waals surface area contributed by atoms with Crippen LogP contribution in [0.1, 0.15) is 32.3 Å². The Bertz CT molecular complexity index is 569. The summed E-state index contributed by atoms with van der Waals surface area (Å²) in [5.41, 5.74) is 1.10. The van der Waals surface area contributed by atoms with Crippen LogP contribution >= 0.6 is 24.0 Å². The fraction of sp³-hybridized carbons (Fsp3) is 0.611. The van der Waals surface area contributed by atoms with Crippen molar-refractivity contribution in [1.29, 1.82) is 0 Å². The van der Waals surface area contributed by atoms with Crippen molar-refractivity contribution < 1.29 is 22.6 Å². The first kappa shape index (κ1) is 25.6. The molecule has 0 aromatic heterocycles. The standard InChI is InChI=1S/C18H28F3N3O2.HI/c1-4-22-17(24-12-10-18(19,20)21)23-11-6-7-14-8-9-15(25-3)16(13-14)26-5-2;/h8-9,13H,4-7,10-12H2,1-3H3,(H2,22,23,24);1H. The van der Waals surface area contributed by atoms with Gasteiger partial charge in [-0.3, -0.25) is 4.99 Å². The van der Waals surface area contributed by atoms with Gasteiger partial charge in [-0.2, -0.15) is 13.2 Å². The van der Waals surface area contributed by atoms with Gasteiger partial charge in [-0.25, -0.2) is 0 Å². The SMILES string of the molecule is CCNC(=NCCCc1ccc(OC)c(OCC)c1)NCCC(F)(F)F.I. The number of guanidine groups is 1. The van der Waals surface area contributed by atoms with E-state index in [0.717, 1.165) is 18.4 Å². The minimum atomic E-state index is -4.17. The van der Waals surface area contributed by atoms with Crippen LogP contribution in [0.15, 0.2) is 23.2 Å². The number of ether oxygens (including phenoxy) is 2. The average Bonchev–Trinajstić information content (AvgIpc) is 2.58. The third-order valence-electron chi connectivity index (χ3n) is 3.47. The van der Waals surface area contributed by atoms with Crippen LogP contribution in [0.4, 0.5) is 13.2 Å². The molecule has 1 aromatic carbocycles. The Hall–Kier alpha value is -1.39. The predicted molar refractivity (Wildman–Crippen MR) is 113 cm³/mol. The van der Waals surface area contributed by atoms with Crippen molar-refractivity contribution >= 4 is 29.9 Å². The van der Waals surface area contributed by atoms with E-state index in [9.17, 15) is 13.2 Å². The Balaban J connectivity index is 0.00000676. The van der Waals surface area contributed by atoms with Crippen LogP contribution in [0.2, 0.25) is 0 Å². The van der Waals surface area contributed by atoms with Gasteiger partial charge in [0.25, 0.3) is 0 Å². The smallest absolute Gasteiger partial charge is 0.390 e. The Kier molecular flexibility index (Phi) is 13.0. The maximum atomic E-state index is 12.2. The molecule has 0 atom stereocenters.